The average Bonchev–Trinajstić information content (AvgIpc) is 2.97. The van der Waals surface area contributed by atoms with Gasteiger partial charge < -0.3 is 10.1 Å². The molecular weight excluding hydrogens is 202 g/mol. The van der Waals surface area contributed by atoms with Gasteiger partial charge in [0.2, 0.25) is 0 Å². The van der Waals surface area contributed by atoms with E-state index >= 15 is 0 Å². The summed E-state index contributed by atoms with van der Waals surface area (Å²) in [5.74, 6) is 0.832. The van der Waals surface area contributed by atoms with Crippen molar-refractivity contribution in [2.75, 3.05) is 13.2 Å². The van der Waals surface area contributed by atoms with Crippen LogP contribution in [-0.4, -0.2) is 24.7 Å². The van der Waals surface area contributed by atoms with Crippen LogP contribution in [0.15, 0.2) is 0 Å². The molecule has 1 saturated carbocycles. The monoisotopic (exact) mass is 225 g/mol. The topological polar surface area (TPSA) is 38.3 Å². The second kappa shape index (κ2) is 5.17. The van der Waals surface area contributed by atoms with Gasteiger partial charge in [-0.1, -0.05) is 26.2 Å². The highest BCUT2D eigenvalue weighted by Gasteiger charge is 2.41. The molecule has 92 valence electrons. The minimum absolute atomic E-state index is 0.00694. The molecule has 2 rings (SSSR count). The Kier molecular flexibility index (Phi) is 3.85. The molecule has 1 heterocycles. The maximum atomic E-state index is 12.1. The van der Waals surface area contributed by atoms with Crippen molar-refractivity contribution < 1.29 is 9.53 Å². The van der Waals surface area contributed by atoms with Crippen LogP contribution in [0.1, 0.15) is 51.9 Å². The lowest BCUT2D eigenvalue weighted by atomic mass is 9.92. The fourth-order valence-corrected chi connectivity index (χ4v) is 2.59. The first-order chi connectivity index (χ1) is 7.77. The first kappa shape index (κ1) is 11.9. The highest BCUT2D eigenvalue weighted by atomic mass is 16.5. The molecule has 0 aromatic rings. The van der Waals surface area contributed by atoms with Crippen LogP contribution >= 0.6 is 0 Å². The summed E-state index contributed by atoms with van der Waals surface area (Å²) >= 11 is 0. The molecule has 0 aromatic heterocycles. The highest BCUT2D eigenvalue weighted by Crippen LogP contribution is 2.32. The van der Waals surface area contributed by atoms with E-state index in [0.29, 0.717) is 6.61 Å². The predicted octanol–water partition coefficient (Wildman–Crippen LogP) is 2.25. The van der Waals surface area contributed by atoms with Crippen LogP contribution in [-0.2, 0) is 9.53 Å². The first-order valence-corrected chi connectivity index (χ1v) is 6.69. The molecule has 3 heteroatoms. The van der Waals surface area contributed by atoms with Crippen molar-refractivity contribution in [3.05, 3.63) is 0 Å². The van der Waals surface area contributed by atoms with Crippen molar-refractivity contribution >= 4 is 5.97 Å². The number of nitrogens with one attached hydrogen (secondary N) is 1. The van der Waals surface area contributed by atoms with Gasteiger partial charge in [-0.2, -0.15) is 0 Å². The Hall–Kier alpha value is -0.570. The number of carbonyl (C=O) groups is 1. The molecule has 1 unspecified atom stereocenters. The van der Waals surface area contributed by atoms with Gasteiger partial charge in [0.15, 0.2) is 0 Å². The molecule has 0 bridgehead atoms. The van der Waals surface area contributed by atoms with Gasteiger partial charge in [0.1, 0.15) is 5.54 Å². The van der Waals surface area contributed by atoms with E-state index in [4.69, 9.17) is 4.74 Å². The van der Waals surface area contributed by atoms with E-state index in [2.05, 4.69) is 12.2 Å². The van der Waals surface area contributed by atoms with Crippen LogP contribution in [0.5, 0.6) is 0 Å². The second-order valence-corrected chi connectivity index (χ2v) is 5.23. The van der Waals surface area contributed by atoms with Crippen LogP contribution in [0, 0.1) is 5.92 Å². The van der Waals surface area contributed by atoms with Crippen LogP contribution in [0.3, 0.4) is 0 Å². The van der Waals surface area contributed by atoms with Gasteiger partial charge in [-0.3, -0.25) is 4.79 Å². The van der Waals surface area contributed by atoms with Gasteiger partial charge in [0.05, 0.1) is 6.61 Å². The van der Waals surface area contributed by atoms with Crippen LogP contribution in [0.25, 0.3) is 0 Å². The minimum atomic E-state index is -0.349. The molecule has 3 nitrogen and oxygen atoms in total. The maximum absolute atomic E-state index is 12.1. The molecule has 2 fully saturated rings. The Morgan fingerprint density at radius 2 is 2.31 bits per heavy atom. The van der Waals surface area contributed by atoms with Crippen LogP contribution in [0.4, 0.5) is 0 Å². The van der Waals surface area contributed by atoms with Gasteiger partial charge in [-0.15, -0.1) is 0 Å². The summed E-state index contributed by atoms with van der Waals surface area (Å²) in [4.78, 5) is 12.1. The van der Waals surface area contributed by atoms with E-state index in [1.54, 1.807) is 0 Å². The van der Waals surface area contributed by atoms with Gasteiger partial charge in [-0.05, 0) is 38.1 Å². The van der Waals surface area contributed by atoms with Gasteiger partial charge in [-0.25, -0.2) is 0 Å². The SMILES string of the molecule is CCCC1(C(=O)OCCC2CC2)CCCN1. The van der Waals surface area contributed by atoms with Crippen molar-refractivity contribution in [1.29, 1.82) is 0 Å². The Labute approximate surface area is 97.9 Å². The van der Waals surface area contributed by atoms with Gasteiger partial charge in [0, 0.05) is 0 Å². The fraction of sp³-hybridized carbons (Fsp3) is 0.923. The zero-order valence-corrected chi connectivity index (χ0v) is 10.3. The normalized spacial score (nSPS) is 29.3. The van der Waals surface area contributed by atoms with Gasteiger partial charge >= 0.3 is 5.97 Å². The quantitative estimate of drug-likeness (QED) is 0.705. The molecule has 0 radical (unpaired) electrons. The van der Waals surface area contributed by atoms with Crippen molar-refractivity contribution in [3.63, 3.8) is 0 Å². The number of esters is 1. The van der Waals surface area contributed by atoms with E-state index in [9.17, 15) is 4.79 Å². The summed E-state index contributed by atoms with van der Waals surface area (Å²) in [6.45, 7) is 3.70. The predicted molar refractivity (Wildman–Crippen MR) is 63.2 cm³/mol. The third kappa shape index (κ3) is 2.76. The molecule has 1 saturated heterocycles. The Balaban J connectivity index is 1.78. The molecule has 2 aliphatic rings. The van der Waals surface area contributed by atoms with Gasteiger partial charge in [0.25, 0.3) is 0 Å². The lowest BCUT2D eigenvalue weighted by Crippen LogP contribution is -2.48. The van der Waals surface area contributed by atoms with Crippen molar-refractivity contribution in [2.24, 2.45) is 5.92 Å². The van der Waals surface area contributed by atoms with Crippen molar-refractivity contribution in [3.8, 4) is 0 Å². The highest BCUT2D eigenvalue weighted by molar-refractivity contribution is 5.81. The van der Waals surface area contributed by atoms with E-state index in [1.165, 1.54) is 12.8 Å². The van der Waals surface area contributed by atoms with E-state index in [0.717, 1.165) is 44.6 Å². The minimum Gasteiger partial charge on any atom is -0.464 e. The first-order valence-electron chi connectivity index (χ1n) is 6.69. The summed E-state index contributed by atoms with van der Waals surface area (Å²) < 4.78 is 5.43. The van der Waals surface area contributed by atoms with Crippen LogP contribution in [0.2, 0.25) is 0 Å². The molecule has 1 aliphatic carbocycles. The fourth-order valence-electron chi connectivity index (χ4n) is 2.59. The molecule has 0 aromatic carbocycles. The number of hydrogen-bond donors (Lipinski definition) is 1. The Morgan fingerprint density at radius 3 is 2.88 bits per heavy atom. The summed E-state index contributed by atoms with van der Waals surface area (Å²) in [5.41, 5.74) is -0.349. The molecule has 0 amide bonds. The second-order valence-electron chi connectivity index (χ2n) is 5.23. The number of carbonyl (C=O) groups excluding carboxylic acids is 1. The number of hydrogen-bond acceptors (Lipinski definition) is 3. The molecule has 1 aliphatic heterocycles. The Bertz CT molecular complexity index is 242. The van der Waals surface area contributed by atoms with E-state index in [-0.39, 0.29) is 11.5 Å². The third-order valence-electron chi connectivity index (χ3n) is 3.77. The summed E-state index contributed by atoms with van der Waals surface area (Å²) in [6.07, 6.45) is 7.71. The third-order valence-corrected chi connectivity index (χ3v) is 3.77. The maximum Gasteiger partial charge on any atom is 0.326 e. The Morgan fingerprint density at radius 1 is 1.50 bits per heavy atom. The largest absolute Gasteiger partial charge is 0.464 e. The van der Waals surface area contributed by atoms with Crippen LogP contribution < -0.4 is 5.32 Å². The number of ether oxygens (including phenoxy) is 1. The zero-order valence-electron chi connectivity index (χ0n) is 10.3. The molecule has 16 heavy (non-hydrogen) atoms. The summed E-state index contributed by atoms with van der Waals surface area (Å²) in [6, 6.07) is 0. The van der Waals surface area contributed by atoms with E-state index in [1.807, 2.05) is 0 Å². The van der Waals surface area contributed by atoms with Crippen molar-refractivity contribution in [2.45, 2.75) is 57.4 Å². The lowest BCUT2D eigenvalue weighted by molar-refractivity contribution is -0.151. The van der Waals surface area contributed by atoms with E-state index < -0.39 is 0 Å². The lowest BCUT2D eigenvalue weighted by Gasteiger charge is -2.26. The average molecular weight is 225 g/mol. The molecule has 1 atom stereocenters. The summed E-state index contributed by atoms with van der Waals surface area (Å²) in [7, 11) is 0. The van der Waals surface area contributed by atoms with Crippen molar-refractivity contribution in [1.82, 2.24) is 5.32 Å². The smallest absolute Gasteiger partial charge is 0.326 e. The molecular formula is C13H23NO2. The molecule has 1 N–H and O–H groups in total. The molecule has 0 spiro atoms. The summed E-state index contributed by atoms with van der Waals surface area (Å²) in [5, 5.41) is 3.35. The standard InChI is InChI=1S/C13H23NO2/c1-2-7-13(8-3-9-14-13)12(15)16-10-6-11-4-5-11/h11,14H,2-10H2,1H3. The number of rotatable bonds is 6. The zero-order chi connectivity index (χ0) is 11.4.